The number of aryl methyl sites for hydroxylation is 1. The summed E-state index contributed by atoms with van der Waals surface area (Å²) < 4.78 is 0. The van der Waals surface area contributed by atoms with Gasteiger partial charge in [0.2, 0.25) is 0 Å². The summed E-state index contributed by atoms with van der Waals surface area (Å²) in [6.07, 6.45) is 0.556. The van der Waals surface area contributed by atoms with E-state index in [1.165, 1.54) is 5.56 Å². The van der Waals surface area contributed by atoms with E-state index in [2.05, 4.69) is 0 Å². The largest absolute Gasteiger partial charge is 0.387 e. The van der Waals surface area contributed by atoms with Crippen LogP contribution in [0.4, 0.5) is 0 Å². The zero-order valence-corrected chi connectivity index (χ0v) is 7.82. The van der Waals surface area contributed by atoms with Crippen LogP contribution in [0.3, 0.4) is 0 Å². The van der Waals surface area contributed by atoms with Crippen LogP contribution in [-0.4, -0.2) is 5.84 Å². The Balaban J connectivity index is 0.00000121. The molecule has 0 aliphatic carbocycles. The molecule has 0 unspecified atom stereocenters. The van der Waals surface area contributed by atoms with Crippen LogP contribution in [0.15, 0.2) is 24.3 Å². The molecular formula is C9H13ClN2. The number of nitrogens with two attached hydrogens (primary N) is 1. The average molecular weight is 185 g/mol. The van der Waals surface area contributed by atoms with Crippen LogP contribution in [0.1, 0.15) is 11.1 Å². The minimum Gasteiger partial charge on any atom is -0.387 e. The van der Waals surface area contributed by atoms with Gasteiger partial charge in [-0.3, -0.25) is 5.41 Å². The van der Waals surface area contributed by atoms with Crippen molar-refractivity contribution < 1.29 is 0 Å². The molecule has 1 rings (SSSR count). The second-order valence-corrected chi connectivity index (χ2v) is 2.69. The van der Waals surface area contributed by atoms with Crippen molar-refractivity contribution in [1.82, 2.24) is 0 Å². The number of hydrogen-bond acceptors (Lipinski definition) is 1. The molecule has 0 saturated carbocycles. The molecule has 0 aromatic heterocycles. The molecule has 2 nitrogen and oxygen atoms in total. The molecule has 0 heterocycles. The van der Waals surface area contributed by atoms with Gasteiger partial charge < -0.3 is 5.73 Å². The summed E-state index contributed by atoms with van der Waals surface area (Å²) in [5, 5.41) is 7.06. The summed E-state index contributed by atoms with van der Waals surface area (Å²) in [4.78, 5) is 0. The standard InChI is InChI=1S/C9H12N2.ClH/c1-7-2-4-8(5-3-7)6-9(10)11;/h2-5H,6H2,1H3,(H3,10,11);1H. The third-order valence-electron chi connectivity index (χ3n) is 1.52. The maximum atomic E-state index is 7.06. The van der Waals surface area contributed by atoms with Crippen LogP contribution >= 0.6 is 12.4 Å². The van der Waals surface area contributed by atoms with Gasteiger partial charge in [0.15, 0.2) is 0 Å². The molecule has 0 radical (unpaired) electrons. The van der Waals surface area contributed by atoms with E-state index in [0.29, 0.717) is 6.42 Å². The SMILES string of the molecule is Cc1ccc(CC(=N)N)cc1.Cl. The Morgan fingerprint density at radius 2 is 1.83 bits per heavy atom. The van der Waals surface area contributed by atoms with Gasteiger partial charge in [-0.25, -0.2) is 0 Å². The normalized spacial score (nSPS) is 8.75. The number of benzene rings is 1. The fraction of sp³-hybridized carbons (Fsp3) is 0.222. The molecule has 66 valence electrons. The van der Waals surface area contributed by atoms with Crippen LogP contribution in [0.25, 0.3) is 0 Å². The van der Waals surface area contributed by atoms with Crippen LogP contribution in [-0.2, 0) is 6.42 Å². The zero-order valence-electron chi connectivity index (χ0n) is 7.00. The van der Waals surface area contributed by atoms with E-state index in [1.807, 2.05) is 31.2 Å². The molecule has 12 heavy (non-hydrogen) atoms. The summed E-state index contributed by atoms with van der Waals surface area (Å²) in [5.74, 6) is 0.217. The van der Waals surface area contributed by atoms with Crippen molar-refractivity contribution >= 4 is 18.2 Å². The molecule has 3 N–H and O–H groups in total. The van der Waals surface area contributed by atoms with E-state index in [0.717, 1.165) is 5.56 Å². The average Bonchev–Trinajstić information content (AvgIpc) is 1.93. The number of hydrogen-bond donors (Lipinski definition) is 2. The quantitative estimate of drug-likeness (QED) is 0.535. The van der Waals surface area contributed by atoms with E-state index in [1.54, 1.807) is 0 Å². The van der Waals surface area contributed by atoms with E-state index in [9.17, 15) is 0 Å². The fourth-order valence-electron chi connectivity index (χ4n) is 0.926. The predicted molar refractivity (Wildman–Crippen MR) is 54.0 cm³/mol. The number of amidine groups is 1. The minimum atomic E-state index is 0. The Labute approximate surface area is 78.7 Å². The van der Waals surface area contributed by atoms with Crippen molar-refractivity contribution in [3.05, 3.63) is 35.4 Å². The van der Waals surface area contributed by atoms with Crippen LogP contribution in [0.2, 0.25) is 0 Å². The second kappa shape index (κ2) is 4.78. The van der Waals surface area contributed by atoms with Gasteiger partial charge in [0.05, 0.1) is 5.84 Å². The highest BCUT2D eigenvalue weighted by molar-refractivity contribution is 5.85. The van der Waals surface area contributed by atoms with Crippen molar-refractivity contribution in [3.8, 4) is 0 Å². The van der Waals surface area contributed by atoms with Crippen molar-refractivity contribution in [2.24, 2.45) is 5.73 Å². The van der Waals surface area contributed by atoms with Crippen molar-refractivity contribution in [3.63, 3.8) is 0 Å². The van der Waals surface area contributed by atoms with E-state index < -0.39 is 0 Å². The van der Waals surface area contributed by atoms with Crippen LogP contribution < -0.4 is 5.73 Å². The fourth-order valence-corrected chi connectivity index (χ4v) is 0.926. The molecule has 1 aromatic carbocycles. The Morgan fingerprint density at radius 3 is 2.25 bits per heavy atom. The van der Waals surface area contributed by atoms with Gasteiger partial charge in [0.1, 0.15) is 0 Å². The first-order valence-electron chi connectivity index (χ1n) is 3.57. The third-order valence-corrected chi connectivity index (χ3v) is 1.52. The van der Waals surface area contributed by atoms with Crippen molar-refractivity contribution in [2.45, 2.75) is 13.3 Å². The van der Waals surface area contributed by atoms with E-state index in [4.69, 9.17) is 11.1 Å². The first-order valence-corrected chi connectivity index (χ1v) is 3.57. The highest BCUT2D eigenvalue weighted by Gasteiger charge is 1.92. The molecular weight excluding hydrogens is 172 g/mol. The van der Waals surface area contributed by atoms with E-state index >= 15 is 0 Å². The van der Waals surface area contributed by atoms with Gasteiger partial charge in [0, 0.05) is 6.42 Å². The third kappa shape index (κ3) is 3.39. The molecule has 0 spiro atoms. The van der Waals surface area contributed by atoms with Crippen LogP contribution in [0, 0.1) is 12.3 Å². The maximum absolute atomic E-state index is 7.06. The van der Waals surface area contributed by atoms with Crippen LogP contribution in [0.5, 0.6) is 0 Å². The lowest BCUT2D eigenvalue weighted by Crippen LogP contribution is -2.12. The lowest BCUT2D eigenvalue weighted by Gasteiger charge is -1.98. The smallest absolute Gasteiger partial charge is 0.0950 e. The molecule has 0 atom stereocenters. The Morgan fingerprint density at radius 1 is 1.33 bits per heavy atom. The molecule has 0 aliphatic rings. The zero-order chi connectivity index (χ0) is 8.27. The first-order chi connectivity index (χ1) is 5.18. The Bertz CT molecular complexity index is 254. The van der Waals surface area contributed by atoms with Gasteiger partial charge in [-0.05, 0) is 12.5 Å². The molecule has 0 amide bonds. The molecule has 1 aromatic rings. The monoisotopic (exact) mass is 184 g/mol. The van der Waals surface area contributed by atoms with Crippen molar-refractivity contribution in [1.29, 1.82) is 5.41 Å². The molecule has 0 bridgehead atoms. The Kier molecular flexibility index (Phi) is 4.37. The predicted octanol–water partition coefficient (Wildman–Crippen LogP) is 1.90. The number of halogens is 1. The van der Waals surface area contributed by atoms with Gasteiger partial charge in [0.25, 0.3) is 0 Å². The number of rotatable bonds is 2. The summed E-state index contributed by atoms with van der Waals surface area (Å²) in [6, 6.07) is 8.05. The molecule has 0 saturated heterocycles. The minimum absolute atomic E-state index is 0. The summed E-state index contributed by atoms with van der Waals surface area (Å²) in [7, 11) is 0. The lowest BCUT2D eigenvalue weighted by molar-refractivity contribution is 1.24. The number of nitrogens with one attached hydrogen (secondary N) is 1. The van der Waals surface area contributed by atoms with Gasteiger partial charge >= 0.3 is 0 Å². The summed E-state index contributed by atoms with van der Waals surface area (Å²) in [5.41, 5.74) is 7.58. The van der Waals surface area contributed by atoms with Gasteiger partial charge in [-0.15, -0.1) is 12.4 Å². The summed E-state index contributed by atoms with van der Waals surface area (Å²) >= 11 is 0. The highest BCUT2D eigenvalue weighted by atomic mass is 35.5. The molecule has 3 heteroatoms. The van der Waals surface area contributed by atoms with Gasteiger partial charge in [-0.2, -0.15) is 0 Å². The second-order valence-electron chi connectivity index (χ2n) is 2.69. The summed E-state index contributed by atoms with van der Waals surface area (Å²) in [6.45, 7) is 2.04. The highest BCUT2D eigenvalue weighted by Crippen LogP contribution is 2.02. The van der Waals surface area contributed by atoms with Gasteiger partial charge in [-0.1, -0.05) is 29.8 Å². The maximum Gasteiger partial charge on any atom is 0.0950 e. The topological polar surface area (TPSA) is 49.9 Å². The Hall–Kier alpha value is -1.02. The van der Waals surface area contributed by atoms with E-state index in [-0.39, 0.29) is 18.2 Å². The van der Waals surface area contributed by atoms with Crippen molar-refractivity contribution in [2.75, 3.05) is 0 Å². The first kappa shape index (κ1) is 11.0. The molecule has 0 fully saturated rings. The molecule has 0 aliphatic heterocycles. The lowest BCUT2D eigenvalue weighted by atomic mass is 10.1.